The van der Waals surface area contributed by atoms with Crippen molar-refractivity contribution in [2.45, 2.75) is 32.6 Å². The average molecular weight is 485 g/mol. The number of Topliss-reactive ketones (excluding diaryl/α,β-unsaturated/α-hetero) is 1. The maximum atomic E-state index is 13.2. The Bertz CT molecular complexity index is 1090. The van der Waals surface area contributed by atoms with Crippen molar-refractivity contribution in [3.8, 4) is 17.2 Å². The van der Waals surface area contributed by atoms with Gasteiger partial charge in [-0.05, 0) is 43.9 Å². The van der Waals surface area contributed by atoms with Crippen molar-refractivity contribution >= 4 is 17.8 Å². The normalized spacial score (nSPS) is 17.6. The summed E-state index contributed by atoms with van der Waals surface area (Å²) in [6.07, 6.45) is 0.653. The number of anilines is 1. The molecule has 35 heavy (non-hydrogen) atoms. The van der Waals surface area contributed by atoms with Crippen LogP contribution in [-0.4, -0.2) is 80.9 Å². The molecule has 1 aliphatic heterocycles. The maximum absolute atomic E-state index is 13.2. The number of fused-ring (bicyclic) bond motifs is 1. The minimum Gasteiger partial charge on any atom is -0.493 e. The molecule has 2 aliphatic rings. The number of carbonyl (C=O) groups is 2. The molecule has 0 saturated carbocycles. The number of piperazine rings is 1. The number of methoxy groups -OCH3 is 3. The van der Waals surface area contributed by atoms with Gasteiger partial charge in [-0.3, -0.25) is 4.79 Å². The van der Waals surface area contributed by atoms with Crippen molar-refractivity contribution in [1.29, 1.82) is 0 Å². The Morgan fingerprint density at radius 2 is 1.66 bits per heavy atom. The van der Waals surface area contributed by atoms with Crippen molar-refractivity contribution in [3.05, 3.63) is 34.6 Å². The fourth-order valence-electron chi connectivity index (χ4n) is 4.78. The Kier molecular flexibility index (Phi) is 7.28. The summed E-state index contributed by atoms with van der Waals surface area (Å²) in [6, 6.07) is 3.79. The Labute approximate surface area is 205 Å². The van der Waals surface area contributed by atoms with E-state index in [2.05, 4.69) is 9.88 Å². The number of ketones is 1. The molecule has 0 bridgehead atoms. The summed E-state index contributed by atoms with van der Waals surface area (Å²) in [6.45, 7) is 6.27. The van der Waals surface area contributed by atoms with Crippen LogP contribution in [0, 0.1) is 6.92 Å². The zero-order valence-electron chi connectivity index (χ0n) is 20.9. The molecule has 10 nitrogen and oxygen atoms in total. The molecule has 1 fully saturated rings. The first-order valence-corrected chi connectivity index (χ1v) is 11.8. The molecule has 0 N–H and O–H groups in total. The smallest absolute Gasteiger partial charge is 0.409 e. The van der Waals surface area contributed by atoms with Gasteiger partial charge in [-0.2, -0.15) is 0 Å². The minimum absolute atomic E-state index is 0.0289. The highest BCUT2D eigenvalue weighted by Crippen LogP contribution is 2.43. The van der Waals surface area contributed by atoms with Crippen LogP contribution in [0.15, 0.2) is 12.1 Å². The van der Waals surface area contributed by atoms with E-state index >= 15 is 0 Å². The first-order chi connectivity index (χ1) is 16.9. The molecule has 1 atom stereocenters. The van der Waals surface area contributed by atoms with Crippen LogP contribution in [0.3, 0.4) is 0 Å². The Morgan fingerprint density at radius 1 is 1.00 bits per heavy atom. The second-order valence-electron chi connectivity index (χ2n) is 8.59. The first kappa shape index (κ1) is 24.6. The number of aromatic nitrogens is 2. The summed E-state index contributed by atoms with van der Waals surface area (Å²) in [4.78, 5) is 38.4. The second kappa shape index (κ2) is 10.4. The van der Waals surface area contributed by atoms with Gasteiger partial charge in [0.05, 0.1) is 44.9 Å². The SMILES string of the molecule is CCOC(=O)N1CCN(c2nc(C)c3c(n2)C[C@H](c2cc(OC)c(OC)c(OC)c2)CC3=O)CC1. The lowest BCUT2D eigenvalue weighted by Gasteiger charge is -2.35. The van der Waals surface area contributed by atoms with Crippen molar-refractivity contribution in [2.75, 3.05) is 59.0 Å². The summed E-state index contributed by atoms with van der Waals surface area (Å²) in [5.41, 5.74) is 2.98. The maximum Gasteiger partial charge on any atom is 0.409 e. The van der Waals surface area contributed by atoms with Crippen molar-refractivity contribution in [1.82, 2.24) is 14.9 Å². The van der Waals surface area contributed by atoms with Crippen LogP contribution >= 0.6 is 0 Å². The van der Waals surface area contributed by atoms with Crippen LogP contribution in [0.4, 0.5) is 10.7 Å². The third kappa shape index (κ3) is 4.82. The van der Waals surface area contributed by atoms with Crippen molar-refractivity contribution in [2.24, 2.45) is 0 Å². The number of hydrogen-bond acceptors (Lipinski definition) is 9. The predicted octanol–water partition coefficient (Wildman–Crippen LogP) is 3.00. The van der Waals surface area contributed by atoms with Crippen molar-refractivity contribution in [3.63, 3.8) is 0 Å². The molecule has 188 valence electrons. The lowest BCUT2D eigenvalue weighted by molar-refractivity contribution is 0.0960. The lowest BCUT2D eigenvalue weighted by Crippen LogP contribution is -2.49. The number of benzene rings is 1. The van der Waals surface area contributed by atoms with Crippen LogP contribution in [0.25, 0.3) is 0 Å². The van der Waals surface area contributed by atoms with Gasteiger partial charge in [-0.15, -0.1) is 0 Å². The van der Waals surface area contributed by atoms with Gasteiger partial charge in [-0.25, -0.2) is 14.8 Å². The van der Waals surface area contributed by atoms with Crippen LogP contribution in [-0.2, 0) is 11.2 Å². The monoisotopic (exact) mass is 484 g/mol. The van der Waals surface area contributed by atoms with E-state index in [-0.39, 0.29) is 17.8 Å². The van der Waals surface area contributed by atoms with E-state index in [4.69, 9.17) is 23.9 Å². The number of carbonyl (C=O) groups excluding carboxylic acids is 2. The van der Waals surface area contributed by atoms with Crippen LogP contribution in [0.5, 0.6) is 17.2 Å². The lowest BCUT2D eigenvalue weighted by atomic mass is 9.81. The van der Waals surface area contributed by atoms with Gasteiger partial charge in [-0.1, -0.05) is 0 Å². The summed E-state index contributed by atoms with van der Waals surface area (Å²) >= 11 is 0. The Balaban J connectivity index is 1.59. The van der Waals surface area contributed by atoms with E-state index in [0.717, 1.165) is 11.3 Å². The predicted molar refractivity (Wildman–Crippen MR) is 129 cm³/mol. The van der Waals surface area contributed by atoms with E-state index in [1.54, 1.807) is 33.2 Å². The van der Waals surface area contributed by atoms with E-state index < -0.39 is 0 Å². The first-order valence-electron chi connectivity index (χ1n) is 11.8. The quantitative estimate of drug-likeness (QED) is 0.612. The number of amides is 1. The van der Waals surface area contributed by atoms with Crippen molar-refractivity contribution < 1.29 is 28.5 Å². The minimum atomic E-state index is -0.298. The standard InChI is InChI=1S/C25H32N4O6/c1-6-35-25(31)29-9-7-28(8-10-29)24-26-15(2)22-18(27-24)11-16(12-19(22)30)17-13-20(32-3)23(34-5)21(14-17)33-4/h13-14,16H,6-12H2,1-5H3/t16-/m0/s1. The molecule has 1 amide bonds. The third-order valence-corrected chi connectivity index (χ3v) is 6.55. The number of nitrogens with zero attached hydrogens (tertiary/aromatic N) is 4. The average Bonchev–Trinajstić information content (AvgIpc) is 2.87. The molecule has 0 spiro atoms. The molecule has 1 saturated heterocycles. The van der Waals surface area contributed by atoms with Gasteiger partial charge in [0.2, 0.25) is 11.7 Å². The molecule has 1 aromatic carbocycles. The molecule has 2 heterocycles. The second-order valence-corrected chi connectivity index (χ2v) is 8.59. The van der Waals surface area contributed by atoms with Gasteiger partial charge < -0.3 is 28.7 Å². The number of aryl methyl sites for hydroxylation is 1. The van der Waals surface area contributed by atoms with Gasteiger partial charge in [0.15, 0.2) is 17.3 Å². The van der Waals surface area contributed by atoms with Crippen LogP contribution < -0.4 is 19.1 Å². The van der Waals surface area contributed by atoms with Gasteiger partial charge >= 0.3 is 6.09 Å². The van der Waals surface area contributed by atoms with Gasteiger partial charge in [0.25, 0.3) is 0 Å². The fraction of sp³-hybridized carbons (Fsp3) is 0.520. The summed E-state index contributed by atoms with van der Waals surface area (Å²) in [5, 5.41) is 0. The van der Waals surface area contributed by atoms with Crippen LogP contribution in [0.2, 0.25) is 0 Å². The Hall–Kier alpha value is -3.56. The van der Waals surface area contributed by atoms with Gasteiger partial charge in [0.1, 0.15) is 0 Å². The summed E-state index contributed by atoms with van der Waals surface area (Å²) < 4.78 is 21.6. The van der Waals surface area contributed by atoms with Crippen LogP contribution in [0.1, 0.15) is 46.6 Å². The molecular weight excluding hydrogens is 452 g/mol. The summed E-state index contributed by atoms with van der Waals surface area (Å²) in [5.74, 6) is 2.16. The van der Waals surface area contributed by atoms with E-state index in [1.807, 2.05) is 19.1 Å². The molecular formula is C25H32N4O6. The highest BCUT2D eigenvalue weighted by molar-refractivity contribution is 5.99. The topological polar surface area (TPSA) is 103 Å². The summed E-state index contributed by atoms with van der Waals surface area (Å²) in [7, 11) is 4.72. The number of ether oxygens (including phenoxy) is 4. The third-order valence-electron chi connectivity index (χ3n) is 6.55. The zero-order valence-corrected chi connectivity index (χ0v) is 20.9. The molecule has 4 rings (SSSR count). The van der Waals surface area contributed by atoms with Gasteiger partial charge in [0, 0.05) is 32.6 Å². The zero-order chi connectivity index (χ0) is 25.1. The highest BCUT2D eigenvalue weighted by atomic mass is 16.6. The largest absolute Gasteiger partial charge is 0.493 e. The number of rotatable bonds is 6. The Morgan fingerprint density at radius 3 is 2.23 bits per heavy atom. The molecule has 1 aliphatic carbocycles. The molecule has 2 aromatic rings. The highest BCUT2D eigenvalue weighted by Gasteiger charge is 2.32. The fourth-order valence-corrected chi connectivity index (χ4v) is 4.78. The number of hydrogen-bond donors (Lipinski definition) is 0. The van der Waals surface area contributed by atoms with E-state index in [1.165, 1.54) is 0 Å². The molecule has 0 unspecified atom stereocenters. The molecule has 1 aromatic heterocycles. The molecule has 0 radical (unpaired) electrons. The molecule has 10 heteroatoms. The van der Waals surface area contributed by atoms with E-state index in [9.17, 15) is 9.59 Å². The van der Waals surface area contributed by atoms with E-state index in [0.29, 0.717) is 80.1 Å².